The van der Waals surface area contributed by atoms with Crippen LogP contribution < -0.4 is 15.1 Å². The van der Waals surface area contributed by atoms with Gasteiger partial charge in [0.05, 0.1) is 18.0 Å². The van der Waals surface area contributed by atoms with Crippen LogP contribution in [0.25, 0.3) is 5.69 Å². The number of tetrazole rings is 1. The van der Waals surface area contributed by atoms with Crippen molar-refractivity contribution in [3.8, 4) is 11.4 Å². The van der Waals surface area contributed by atoms with Crippen LogP contribution in [0.5, 0.6) is 5.75 Å². The first-order valence-electron chi connectivity index (χ1n) is 18.2. The van der Waals surface area contributed by atoms with Crippen LogP contribution in [-0.2, 0) is 20.4 Å². The molecule has 268 valence electrons. The van der Waals surface area contributed by atoms with Crippen LogP contribution in [0.4, 0.5) is 11.4 Å². The van der Waals surface area contributed by atoms with Crippen molar-refractivity contribution >= 4 is 29.0 Å². The Balaban J connectivity index is 1.09. The van der Waals surface area contributed by atoms with Gasteiger partial charge in [0.15, 0.2) is 11.7 Å². The van der Waals surface area contributed by atoms with Crippen molar-refractivity contribution in [3.05, 3.63) is 89.7 Å². The predicted octanol–water partition coefficient (Wildman–Crippen LogP) is 7.37. The van der Waals surface area contributed by atoms with Crippen molar-refractivity contribution in [2.45, 2.75) is 96.8 Å². The van der Waals surface area contributed by atoms with E-state index in [9.17, 15) is 9.59 Å². The highest BCUT2D eigenvalue weighted by Crippen LogP contribution is 2.39. The van der Waals surface area contributed by atoms with E-state index in [-0.39, 0.29) is 22.6 Å². The Morgan fingerprint density at radius 1 is 0.902 bits per heavy atom. The lowest BCUT2D eigenvalue weighted by Gasteiger charge is -2.30. The van der Waals surface area contributed by atoms with E-state index in [1.54, 1.807) is 28.9 Å². The lowest BCUT2D eigenvalue weighted by Crippen LogP contribution is -2.35. The summed E-state index contributed by atoms with van der Waals surface area (Å²) < 4.78 is 7.88. The molecule has 1 saturated heterocycles. The zero-order valence-electron chi connectivity index (χ0n) is 30.7. The molecule has 11 heteroatoms. The van der Waals surface area contributed by atoms with Gasteiger partial charge in [-0.05, 0) is 101 Å². The molecule has 0 spiro atoms. The number of amidine groups is 1. The lowest BCUT2D eigenvalue weighted by atomic mass is 9.76. The molecule has 2 aliphatic heterocycles. The number of rotatable bonds is 13. The number of nitrogens with zero attached hydrogens (tertiary/aromatic N) is 7. The number of hydrazone groups is 1. The zero-order chi connectivity index (χ0) is 36.2. The van der Waals surface area contributed by atoms with Crippen LogP contribution in [0, 0.1) is 0 Å². The SMILES string of the molecule is CCC(C)(C)c1ccc(OCCCC(=O)Nc2ccc(N3N=C(N4CCCC4)C(c4nnnn4-c4ccccc4)C3=O)cc2)c(C(C)(C)CC)c1. The topological polar surface area (TPSA) is 118 Å². The van der Waals surface area contributed by atoms with Crippen molar-refractivity contribution in [3.63, 3.8) is 0 Å². The third-order valence-corrected chi connectivity index (χ3v) is 10.6. The molecule has 4 aromatic rings. The Morgan fingerprint density at radius 3 is 2.29 bits per heavy atom. The van der Waals surface area contributed by atoms with Crippen LogP contribution in [0.2, 0.25) is 0 Å². The number of anilines is 2. The number of ether oxygens (including phenoxy) is 1. The molecule has 3 aromatic carbocycles. The van der Waals surface area contributed by atoms with E-state index in [4.69, 9.17) is 9.84 Å². The fourth-order valence-corrected chi connectivity index (χ4v) is 6.50. The van der Waals surface area contributed by atoms with Gasteiger partial charge in [-0.25, -0.2) is 0 Å². The van der Waals surface area contributed by atoms with Gasteiger partial charge in [-0.2, -0.15) is 14.8 Å². The second kappa shape index (κ2) is 15.0. The normalized spacial score (nSPS) is 16.5. The standard InChI is InChI=1S/C40H50N8O3/c1-7-39(3,4)28-18-23-33(32(27-28)40(5,6)8-2)51-26-14-17-34(49)41-29-19-21-31(22-20-29)48-38(50)35(37(43-48)46-24-12-13-25-46)36-42-44-45-47(36)30-15-10-9-11-16-30/h9-11,15-16,18-23,27,35H,7-8,12-14,17,24-26H2,1-6H3,(H,41,49). The number of benzene rings is 3. The van der Waals surface area contributed by atoms with E-state index in [0.717, 1.165) is 50.2 Å². The average molecular weight is 691 g/mol. The maximum absolute atomic E-state index is 14.0. The Bertz CT molecular complexity index is 1860. The molecular weight excluding hydrogens is 640 g/mol. The molecule has 2 amide bonds. The number of nitrogens with one attached hydrogen (secondary N) is 1. The Kier molecular flexibility index (Phi) is 10.5. The van der Waals surface area contributed by atoms with Gasteiger partial charge in [0.2, 0.25) is 5.91 Å². The molecule has 51 heavy (non-hydrogen) atoms. The van der Waals surface area contributed by atoms with Crippen LogP contribution >= 0.6 is 0 Å². The second-order valence-electron chi connectivity index (χ2n) is 14.8. The molecule has 1 unspecified atom stereocenters. The summed E-state index contributed by atoms with van der Waals surface area (Å²) in [6, 6.07) is 23.3. The highest BCUT2D eigenvalue weighted by atomic mass is 16.5. The predicted molar refractivity (Wildman–Crippen MR) is 200 cm³/mol. The smallest absolute Gasteiger partial charge is 0.266 e. The van der Waals surface area contributed by atoms with E-state index in [0.29, 0.717) is 42.5 Å². The molecule has 3 heterocycles. The Labute approximate surface area is 301 Å². The number of hydrogen-bond acceptors (Lipinski definition) is 8. The maximum atomic E-state index is 14.0. The fraction of sp³-hybridized carbons (Fsp3) is 0.450. The molecule has 1 aromatic heterocycles. The first-order valence-corrected chi connectivity index (χ1v) is 18.2. The highest BCUT2D eigenvalue weighted by Gasteiger charge is 2.44. The minimum absolute atomic E-state index is 0.0286. The van der Waals surface area contributed by atoms with Gasteiger partial charge in [0.25, 0.3) is 5.91 Å². The van der Waals surface area contributed by atoms with Crippen LogP contribution in [-0.4, -0.2) is 62.5 Å². The summed E-state index contributed by atoms with van der Waals surface area (Å²) >= 11 is 0. The van der Waals surface area contributed by atoms with Gasteiger partial charge in [0, 0.05) is 30.8 Å². The van der Waals surface area contributed by atoms with E-state index in [1.165, 1.54) is 16.1 Å². The van der Waals surface area contributed by atoms with E-state index >= 15 is 0 Å². The van der Waals surface area contributed by atoms with Crippen molar-refractivity contribution in [1.82, 2.24) is 25.1 Å². The molecule has 1 N–H and O–H groups in total. The number of aromatic nitrogens is 4. The molecule has 0 bridgehead atoms. The summed E-state index contributed by atoms with van der Waals surface area (Å²) in [7, 11) is 0. The molecule has 11 nitrogen and oxygen atoms in total. The highest BCUT2D eigenvalue weighted by molar-refractivity contribution is 6.18. The van der Waals surface area contributed by atoms with Crippen LogP contribution in [0.15, 0.2) is 77.9 Å². The van der Waals surface area contributed by atoms with E-state index in [2.05, 4.69) is 85.5 Å². The second-order valence-corrected chi connectivity index (χ2v) is 14.8. The van der Waals surface area contributed by atoms with Crippen molar-refractivity contribution < 1.29 is 14.3 Å². The number of para-hydroxylation sites is 1. The number of carbonyl (C=O) groups excluding carboxylic acids is 2. The molecule has 1 atom stereocenters. The first kappa shape index (κ1) is 35.8. The monoisotopic (exact) mass is 690 g/mol. The van der Waals surface area contributed by atoms with Crippen LogP contribution in [0.3, 0.4) is 0 Å². The number of hydrogen-bond donors (Lipinski definition) is 1. The molecule has 0 saturated carbocycles. The maximum Gasteiger partial charge on any atom is 0.266 e. The Hall–Kier alpha value is -5.06. The first-order chi connectivity index (χ1) is 24.5. The number of carbonyl (C=O) groups is 2. The molecule has 0 radical (unpaired) electrons. The zero-order valence-corrected chi connectivity index (χ0v) is 30.7. The fourth-order valence-electron chi connectivity index (χ4n) is 6.50. The van der Waals surface area contributed by atoms with Gasteiger partial charge < -0.3 is 15.0 Å². The third kappa shape index (κ3) is 7.67. The average Bonchev–Trinajstić information content (AvgIpc) is 3.92. The van der Waals surface area contributed by atoms with E-state index in [1.807, 2.05) is 30.3 Å². The van der Waals surface area contributed by atoms with Crippen LogP contribution in [0.1, 0.15) is 103 Å². The summed E-state index contributed by atoms with van der Waals surface area (Å²) in [6.45, 7) is 15.6. The number of likely N-dealkylation sites (tertiary alicyclic amines) is 1. The summed E-state index contributed by atoms with van der Waals surface area (Å²) in [5, 5.41) is 21.6. The largest absolute Gasteiger partial charge is 0.493 e. The van der Waals surface area contributed by atoms with E-state index < -0.39 is 5.92 Å². The number of amides is 2. The van der Waals surface area contributed by atoms with Gasteiger partial charge in [-0.3, -0.25) is 9.59 Å². The minimum Gasteiger partial charge on any atom is -0.493 e. The summed E-state index contributed by atoms with van der Waals surface area (Å²) in [5.74, 6) is 0.893. The molecule has 0 aliphatic carbocycles. The molecule has 6 rings (SSSR count). The lowest BCUT2D eigenvalue weighted by molar-refractivity contribution is -0.118. The van der Waals surface area contributed by atoms with Gasteiger partial charge in [0.1, 0.15) is 11.6 Å². The molecule has 1 fully saturated rings. The third-order valence-electron chi connectivity index (χ3n) is 10.6. The summed E-state index contributed by atoms with van der Waals surface area (Å²) in [6.07, 6.45) is 5.02. The van der Waals surface area contributed by atoms with Gasteiger partial charge in [-0.15, -0.1) is 5.10 Å². The van der Waals surface area contributed by atoms with Crippen molar-refractivity contribution in [1.29, 1.82) is 0 Å². The summed E-state index contributed by atoms with van der Waals surface area (Å²) in [4.78, 5) is 29.1. The Morgan fingerprint density at radius 2 is 1.61 bits per heavy atom. The van der Waals surface area contributed by atoms with Crippen molar-refractivity contribution in [2.24, 2.45) is 5.10 Å². The van der Waals surface area contributed by atoms with Gasteiger partial charge in [-0.1, -0.05) is 71.9 Å². The van der Waals surface area contributed by atoms with Crippen molar-refractivity contribution in [2.75, 3.05) is 30.0 Å². The summed E-state index contributed by atoms with van der Waals surface area (Å²) in [5.41, 5.74) is 4.60. The quantitative estimate of drug-likeness (QED) is 0.146. The molecule has 2 aliphatic rings. The van der Waals surface area contributed by atoms with Gasteiger partial charge >= 0.3 is 0 Å². The molecular formula is C40H50N8O3. The minimum atomic E-state index is -0.745.